The van der Waals surface area contributed by atoms with Crippen molar-refractivity contribution in [2.75, 3.05) is 42.7 Å². The first-order valence-electron chi connectivity index (χ1n) is 6.31. The lowest BCUT2D eigenvalue weighted by atomic mass is 9.83. The summed E-state index contributed by atoms with van der Waals surface area (Å²) in [5.41, 5.74) is 6.16. The quantitative estimate of drug-likeness (QED) is 0.849. The van der Waals surface area contributed by atoms with Crippen LogP contribution in [0.1, 0.15) is 26.7 Å². The van der Waals surface area contributed by atoms with Crippen molar-refractivity contribution in [1.29, 1.82) is 0 Å². The number of nitrogens with zero attached hydrogens (tertiary/aromatic N) is 5. The first-order valence-corrected chi connectivity index (χ1v) is 6.31. The van der Waals surface area contributed by atoms with Crippen molar-refractivity contribution in [2.45, 2.75) is 26.7 Å². The monoisotopic (exact) mass is 250 g/mol. The molecular weight excluding hydrogens is 228 g/mol. The van der Waals surface area contributed by atoms with Gasteiger partial charge in [0.2, 0.25) is 17.8 Å². The number of piperidine rings is 1. The first kappa shape index (κ1) is 12.9. The van der Waals surface area contributed by atoms with Crippen LogP contribution in [0.5, 0.6) is 0 Å². The second-order valence-corrected chi connectivity index (χ2v) is 5.84. The molecule has 2 heterocycles. The molecule has 6 nitrogen and oxygen atoms in total. The molecule has 1 aromatic rings. The SMILES string of the molecule is CN(C)c1nc(N)nc(N2CCC(C)(C)CC2)n1. The Balaban J connectivity index is 2.19. The molecule has 0 spiro atoms. The fourth-order valence-electron chi connectivity index (χ4n) is 2.02. The van der Waals surface area contributed by atoms with Gasteiger partial charge in [0.05, 0.1) is 0 Å². The summed E-state index contributed by atoms with van der Waals surface area (Å²) in [6.45, 7) is 6.56. The van der Waals surface area contributed by atoms with Crippen molar-refractivity contribution in [2.24, 2.45) is 5.41 Å². The van der Waals surface area contributed by atoms with Gasteiger partial charge in [0.15, 0.2) is 0 Å². The number of nitrogen functional groups attached to an aromatic ring is 1. The zero-order chi connectivity index (χ0) is 13.3. The average molecular weight is 250 g/mol. The van der Waals surface area contributed by atoms with E-state index < -0.39 is 0 Å². The topological polar surface area (TPSA) is 71.2 Å². The highest BCUT2D eigenvalue weighted by atomic mass is 15.3. The Kier molecular flexibility index (Phi) is 3.28. The van der Waals surface area contributed by atoms with E-state index in [1.54, 1.807) is 0 Å². The summed E-state index contributed by atoms with van der Waals surface area (Å²) < 4.78 is 0. The maximum atomic E-state index is 5.74. The van der Waals surface area contributed by atoms with Crippen LogP contribution in [0.25, 0.3) is 0 Å². The predicted molar refractivity (Wildman–Crippen MR) is 73.8 cm³/mol. The fourth-order valence-corrected chi connectivity index (χ4v) is 2.02. The van der Waals surface area contributed by atoms with Gasteiger partial charge < -0.3 is 15.5 Å². The smallest absolute Gasteiger partial charge is 0.231 e. The molecule has 1 saturated heterocycles. The van der Waals surface area contributed by atoms with Crippen molar-refractivity contribution in [1.82, 2.24) is 15.0 Å². The molecule has 18 heavy (non-hydrogen) atoms. The largest absolute Gasteiger partial charge is 0.368 e. The van der Waals surface area contributed by atoms with Crippen molar-refractivity contribution >= 4 is 17.8 Å². The number of rotatable bonds is 2. The molecule has 0 bridgehead atoms. The van der Waals surface area contributed by atoms with Gasteiger partial charge in [-0.15, -0.1) is 0 Å². The van der Waals surface area contributed by atoms with Gasteiger partial charge in [-0.2, -0.15) is 15.0 Å². The van der Waals surface area contributed by atoms with Crippen LogP contribution >= 0.6 is 0 Å². The van der Waals surface area contributed by atoms with Crippen LogP contribution in [-0.2, 0) is 0 Å². The van der Waals surface area contributed by atoms with E-state index >= 15 is 0 Å². The summed E-state index contributed by atoms with van der Waals surface area (Å²) in [6.07, 6.45) is 2.30. The highest BCUT2D eigenvalue weighted by Crippen LogP contribution is 2.31. The average Bonchev–Trinajstić information content (AvgIpc) is 2.28. The van der Waals surface area contributed by atoms with Gasteiger partial charge in [-0.1, -0.05) is 13.8 Å². The minimum Gasteiger partial charge on any atom is -0.368 e. The van der Waals surface area contributed by atoms with Crippen LogP contribution in [0.3, 0.4) is 0 Å². The lowest BCUT2D eigenvalue weighted by molar-refractivity contribution is 0.278. The van der Waals surface area contributed by atoms with E-state index in [9.17, 15) is 0 Å². The standard InChI is InChI=1S/C12H22N6/c1-12(2)5-7-18(8-6-12)11-15-9(13)14-10(16-11)17(3)4/h5-8H2,1-4H3,(H2,13,14,15,16). The molecule has 0 aromatic carbocycles. The molecule has 2 rings (SSSR count). The Morgan fingerprint density at radius 2 is 1.72 bits per heavy atom. The van der Waals surface area contributed by atoms with Gasteiger partial charge in [-0.3, -0.25) is 0 Å². The highest BCUT2D eigenvalue weighted by molar-refractivity contribution is 5.42. The van der Waals surface area contributed by atoms with Gasteiger partial charge >= 0.3 is 0 Å². The minimum atomic E-state index is 0.286. The minimum absolute atomic E-state index is 0.286. The van der Waals surface area contributed by atoms with E-state index in [1.165, 1.54) is 0 Å². The molecule has 0 atom stereocenters. The number of nitrogens with two attached hydrogens (primary N) is 1. The van der Waals surface area contributed by atoms with Crippen molar-refractivity contribution in [3.8, 4) is 0 Å². The van der Waals surface area contributed by atoms with Crippen LogP contribution in [-0.4, -0.2) is 42.1 Å². The normalized spacial score (nSPS) is 18.8. The molecule has 1 aliphatic rings. The maximum absolute atomic E-state index is 5.74. The number of hydrogen-bond acceptors (Lipinski definition) is 6. The Bertz CT molecular complexity index is 419. The molecule has 0 unspecified atom stereocenters. The molecular formula is C12H22N6. The summed E-state index contributed by atoms with van der Waals surface area (Å²) in [4.78, 5) is 16.8. The highest BCUT2D eigenvalue weighted by Gasteiger charge is 2.27. The second kappa shape index (κ2) is 4.59. The Morgan fingerprint density at radius 1 is 1.11 bits per heavy atom. The van der Waals surface area contributed by atoms with Gasteiger partial charge in [-0.05, 0) is 18.3 Å². The molecule has 1 fully saturated rings. The van der Waals surface area contributed by atoms with Crippen molar-refractivity contribution < 1.29 is 0 Å². The third-order valence-electron chi connectivity index (χ3n) is 3.43. The third kappa shape index (κ3) is 2.80. The molecule has 1 aromatic heterocycles. The molecule has 0 aliphatic carbocycles. The number of hydrogen-bond donors (Lipinski definition) is 1. The first-order chi connectivity index (χ1) is 8.37. The van der Waals surface area contributed by atoms with Crippen LogP contribution in [0.15, 0.2) is 0 Å². The maximum Gasteiger partial charge on any atom is 0.231 e. The Hall–Kier alpha value is -1.59. The van der Waals surface area contributed by atoms with Crippen LogP contribution < -0.4 is 15.5 Å². The summed E-state index contributed by atoms with van der Waals surface area (Å²) >= 11 is 0. The molecule has 6 heteroatoms. The van der Waals surface area contributed by atoms with E-state index in [2.05, 4.69) is 33.7 Å². The summed E-state index contributed by atoms with van der Waals surface area (Å²) in [5, 5.41) is 0. The van der Waals surface area contributed by atoms with Gasteiger partial charge in [0.1, 0.15) is 0 Å². The fraction of sp³-hybridized carbons (Fsp3) is 0.750. The molecule has 0 amide bonds. The van der Waals surface area contributed by atoms with Crippen LogP contribution in [0, 0.1) is 5.41 Å². The van der Waals surface area contributed by atoms with E-state index in [1.807, 2.05) is 19.0 Å². The summed E-state index contributed by atoms with van der Waals surface area (Å²) in [5.74, 6) is 1.59. The predicted octanol–water partition coefficient (Wildman–Crippen LogP) is 1.15. The second-order valence-electron chi connectivity index (χ2n) is 5.84. The van der Waals surface area contributed by atoms with E-state index in [-0.39, 0.29) is 5.95 Å². The Labute approximate surface area is 108 Å². The molecule has 100 valence electrons. The zero-order valence-corrected chi connectivity index (χ0v) is 11.6. The lowest BCUT2D eigenvalue weighted by Crippen LogP contribution is -2.38. The third-order valence-corrected chi connectivity index (χ3v) is 3.43. The van der Waals surface area contributed by atoms with Crippen LogP contribution in [0.2, 0.25) is 0 Å². The molecule has 2 N–H and O–H groups in total. The molecule has 1 aliphatic heterocycles. The number of aromatic nitrogens is 3. The molecule has 0 radical (unpaired) electrons. The summed E-state index contributed by atoms with van der Waals surface area (Å²) in [6, 6.07) is 0. The number of anilines is 3. The van der Waals surface area contributed by atoms with E-state index in [0.717, 1.165) is 25.9 Å². The van der Waals surface area contributed by atoms with Gasteiger partial charge in [0, 0.05) is 27.2 Å². The molecule has 0 saturated carbocycles. The van der Waals surface area contributed by atoms with E-state index in [4.69, 9.17) is 5.73 Å². The van der Waals surface area contributed by atoms with Crippen molar-refractivity contribution in [3.05, 3.63) is 0 Å². The zero-order valence-electron chi connectivity index (χ0n) is 11.6. The van der Waals surface area contributed by atoms with Crippen molar-refractivity contribution in [3.63, 3.8) is 0 Å². The van der Waals surface area contributed by atoms with E-state index in [0.29, 0.717) is 17.3 Å². The van der Waals surface area contributed by atoms with Gasteiger partial charge in [0.25, 0.3) is 0 Å². The lowest BCUT2D eigenvalue weighted by Gasteiger charge is -2.36. The van der Waals surface area contributed by atoms with Gasteiger partial charge in [-0.25, -0.2) is 0 Å². The summed E-state index contributed by atoms with van der Waals surface area (Å²) in [7, 11) is 3.80. The van der Waals surface area contributed by atoms with Crippen LogP contribution in [0.4, 0.5) is 17.8 Å². The Morgan fingerprint density at radius 3 is 2.28 bits per heavy atom.